The van der Waals surface area contributed by atoms with Crippen molar-refractivity contribution in [2.75, 3.05) is 4.72 Å². The van der Waals surface area contributed by atoms with Gasteiger partial charge < -0.3 is 4.57 Å². The van der Waals surface area contributed by atoms with Crippen LogP contribution in [0.2, 0.25) is 0 Å². The molecule has 19 heavy (non-hydrogen) atoms. The van der Waals surface area contributed by atoms with Gasteiger partial charge in [-0.2, -0.15) is 8.42 Å². The van der Waals surface area contributed by atoms with E-state index < -0.39 is 10.0 Å². The molecule has 0 radical (unpaired) electrons. The number of hydrogen-bond donors (Lipinski definition) is 1. The molecule has 0 aliphatic carbocycles. The Hall–Kier alpha value is -1.34. The van der Waals surface area contributed by atoms with Crippen LogP contribution in [0, 0.1) is 6.92 Å². The molecule has 0 bridgehead atoms. The number of sulfonamides is 1. The Kier molecular flexibility index (Phi) is 3.96. The number of rotatable bonds is 4. The largest absolute Gasteiger partial charge is 0.336 e. The van der Waals surface area contributed by atoms with Crippen LogP contribution in [0.4, 0.5) is 5.69 Å². The van der Waals surface area contributed by atoms with Crippen molar-refractivity contribution in [1.82, 2.24) is 9.55 Å². The molecule has 102 valence electrons. The van der Waals surface area contributed by atoms with Crippen LogP contribution in [0.3, 0.4) is 0 Å². The Bertz CT molecular complexity index is 695. The van der Waals surface area contributed by atoms with Crippen molar-refractivity contribution in [2.45, 2.75) is 25.4 Å². The second kappa shape index (κ2) is 5.34. The van der Waals surface area contributed by atoms with Crippen LogP contribution < -0.4 is 4.72 Å². The number of nitrogens with one attached hydrogen (secondary N) is 1. The summed E-state index contributed by atoms with van der Waals surface area (Å²) in [5.74, 6) is 0. The van der Waals surface area contributed by atoms with E-state index in [0.717, 1.165) is 10.0 Å². The SMILES string of the molecule is CCn1cnc(S(=O)(=O)Nc2cccc(Br)c2C)c1. The van der Waals surface area contributed by atoms with E-state index in [1.807, 2.05) is 19.9 Å². The first-order valence-corrected chi connectivity index (χ1v) is 8.01. The molecule has 5 nitrogen and oxygen atoms in total. The quantitative estimate of drug-likeness (QED) is 0.928. The maximum Gasteiger partial charge on any atom is 0.280 e. The molecule has 1 N–H and O–H groups in total. The molecular weight excluding hydrogens is 330 g/mol. The average Bonchev–Trinajstić information content (AvgIpc) is 2.84. The van der Waals surface area contributed by atoms with Crippen LogP contribution in [-0.4, -0.2) is 18.0 Å². The van der Waals surface area contributed by atoms with E-state index >= 15 is 0 Å². The van der Waals surface area contributed by atoms with Crippen molar-refractivity contribution in [2.24, 2.45) is 0 Å². The molecule has 0 spiro atoms. The maximum absolute atomic E-state index is 12.2. The van der Waals surface area contributed by atoms with Crippen molar-refractivity contribution in [3.8, 4) is 0 Å². The topological polar surface area (TPSA) is 64.0 Å². The number of aromatic nitrogens is 2. The van der Waals surface area contributed by atoms with Gasteiger partial charge in [0.1, 0.15) is 0 Å². The summed E-state index contributed by atoms with van der Waals surface area (Å²) >= 11 is 3.37. The Labute approximate surface area is 120 Å². The summed E-state index contributed by atoms with van der Waals surface area (Å²) < 4.78 is 29.5. The van der Waals surface area contributed by atoms with Gasteiger partial charge in [-0.1, -0.05) is 22.0 Å². The number of halogens is 1. The third-order valence-corrected chi connectivity index (χ3v) is 4.87. The molecule has 1 aromatic carbocycles. The van der Waals surface area contributed by atoms with E-state index in [0.29, 0.717) is 12.2 Å². The summed E-state index contributed by atoms with van der Waals surface area (Å²) in [6.45, 7) is 4.44. The van der Waals surface area contributed by atoms with E-state index in [1.54, 1.807) is 16.7 Å². The number of benzene rings is 1. The number of hydrogen-bond acceptors (Lipinski definition) is 3. The van der Waals surface area contributed by atoms with Crippen molar-refractivity contribution in [3.63, 3.8) is 0 Å². The van der Waals surface area contributed by atoms with Gasteiger partial charge in [0.2, 0.25) is 0 Å². The highest BCUT2D eigenvalue weighted by Crippen LogP contribution is 2.25. The first kappa shape index (κ1) is 14.1. The summed E-state index contributed by atoms with van der Waals surface area (Å²) in [5, 5.41) is 0.0220. The number of nitrogens with zero attached hydrogens (tertiary/aromatic N) is 2. The second-order valence-electron chi connectivity index (χ2n) is 4.06. The fraction of sp³-hybridized carbons (Fsp3) is 0.250. The van der Waals surface area contributed by atoms with Crippen molar-refractivity contribution >= 4 is 31.6 Å². The molecule has 0 atom stereocenters. The third kappa shape index (κ3) is 2.98. The van der Waals surface area contributed by atoms with Gasteiger partial charge in [-0.05, 0) is 31.5 Å². The standard InChI is InChI=1S/C12H14BrN3O2S/c1-3-16-7-12(14-8-16)19(17,18)15-11-6-4-5-10(13)9(11)2/h4-8,15H,3H2,1-2H3. The highest BCUT2D eigenvalue weighted by molar-refractivity contribution is 9.10. The number of anilines is 1. The number of aryl methyl sites for hydroxylation is 1. The molecule has 1 aromatic heterocycles. The van der Waals surface area contributed by atoms with Gasteiger partial charge in [0.25, 0.3) is 10.0 Å². The zero-order valence-electron chi connectivity index (χ0n) is 10.6. The predicted molar refractivity (Wildman–Crippen MR) is 77.6 cm³/mol. The molecule has 0 unspecified atom stereocenters. The van der Waals surface area contributed by atoms with Gasteiger partial charge in [0, 0.05) is 17.2 Å². The monoisotopic (exact) mass is 343 g/mol. The van der Waals surface area contributed by atoms with Gasteiger partial charge in [-0.3, -0.25) is 4.72 Å². The van der Waals surface area contributed by atoms with Gasteiger partial charge in [0.15, 0.2) is 5.03 Å². The molecule has 0 amide bonds. The molecule has 2 aromatic rings. The maximum atomic E-state index is 12.2. The smallest absolute Gasteiger partial charge is 0.280 e. The summed E-state index contributed by atoms with van der Waals surface area (Å²) in [6.07, 6.45) is 3.01. The van der Waals surface area contributed by atoms with Crippen LogP contribution in [0.25, 0.3) is 0 Å². The Morgan fingerprint density at radius 3 is 2.79 bits per heavy atom. The fourth-order valence-corrected chi connectivity index (χ4v) is 3.01. The van der Waals surface area contributed by atoms with Crippen LogP contribution >= 0.6 is 15.9 Å². The van der Waals surface area contributed by atoms with Gasteiger partial charge in [0.05, 0.1) is 12.0 Å². The lowest BCUT2D eigenvalue weighted by molar-refractivity contribution is 0.598. The molecule has 0 saturated carbocycles. The molecule has 0 saturated heterocycles. The minimum atomic E-state index is -3.64. The first-order valence-electron chi connectivity index (χ1n) is 5.73. The summed E-state index contributed by atoms with van der Waals surface area (Å²) in [7, 11) is -3.64. The zero-order chi connectivity index (χ0) is 14.0. The minimum Gasteiger partial charge on any atom is -0.336 e. The Morgan fingerprint density at radius 2 is 2.16 bits per heavy atom. The van der Waals surface area contributed by atoms with E-state index in [-0.39, 0.29) is 5.03 Å². The molecule has 2 rings (SSSR count). The number of imidazole rings is 1. The first-order chi connectivity index (χ1) is 8.94. The highest BCUT2D eigenvalue weighted by Gasteiger charge is 2.18. The second-order valence-corrected chi connectivity index (χ2v) is 6.54. The van der Waals surface area contributed by atoms with Crippen LogP contribution in [-0.2, 0) is 16.6 Å². The summed E-state index contributed by atoms with van der Waals surface area (Å²) in [5.41, 5.74) is 1.38. The van der Waals surface area contributed by atoms with Gasteiger partial charge >= 0.3 is 0 Å². The lowest BCUT2D eigenvalue weighted by atomic mass is 10.2. The van der Waals surface area contributed by atoms with Crippen LogP contribution in [0.15, 0.2) is 40.2 Å². The fourth-order valence-electron chi connectivity index (χ4n) is 1.57. The minimum absolute atomic E-state index is 0.0220. The normalized spacial score (nSPS) is 11.5. The lowest BCUT2D eigenvalue weighted by Crippen LogP contribution is -2.14. The van der Waals surface area contributed by atoms with Crippen molar-refractivity contribution < 1.29 is 8.42 Å². The molecule has 7 heteroatoms. The van der Waals surface area contributed by atoms with Crippen molar-refractivity contribution in [1.29, 1.82) is 0 Å². The zero-order valence-corrected chi connectivity index (χ0v) is 13.0. The lowest BCUT2D eigenvalue weighted by Gasteiger charge is -2.09. The predicted octanol–water partition coefficient (Wildman–Crippen LogP) is 2.77. The van der Waals surface area contributed by atoms with E-state index in [9.17, 15) is 8.42 Å². The molecule has 0 fully saturated rings. The van der Waals surface area contributed by atoms with Crippen LogP contribution in [0.5, 0.6) is 0 Å². The van der Waals surface area contributed by atoms with E-state index in [2.05, 4.69) is 25.6 Å². The van der Waals surface area contributed by atoms with Crippen molar-refractivity contribution in [3.05, 3.63) is 40.8 Å². The van der Waals surface area contributed by atoms with E-state index in [1.165, 1.54) is 12.5 Å². The third-order valence-electron chi connectivity index (χ3n) is 2.76. The van der Waals surface area contributed by atoms with Crippen LogP contribution in [0.1, 0.15) is 12.5 Å². The molecule has 0 aliphatic heterocycles. The Balaban J connectivity index is 2.33. The summed E-state index contributed by atoms with van der Waals surface area (Å²) in [6, 6.07) is 5.35. The Morgan fingerprint density at radius 1 is 1.42 bits per heavy atom. The summed E-state index contributed by atoms with van der Waals surface area (Å²) in [4.78, 5) is 3.91. The van der Waals surface area contributed by atoms with Gasteiger partial charge in [-0.25, -0.2) is 4.98 Å². The highest BCUT2D eigenvalue weighted by atomic mass is 79.9. The molecular formula is C12H14BrN3O2S. The average molecular weight is 344 g/mol. The van der Waals surface area contributed by atoms with E-state index in [4.69, 9.17) is 0 Å². The molecule has 1 heterocycles. The molecule has 0 aliphatic rings. The van der Waals surface area contributed by atoms with Gasteiger partial charge in [-0.15, -0.1) is 0 Å².